The minimum atomic E-state index is 0. The highest BCUT2D eigenvalue weighted by Gasteiger charge is 2.34. The summed E-state index contributed by atoms with van der Waals surface area (Å²) in [7, 11) is 1.72. The van der Waals surface area contributed by atoms with E-state index in [1.54, 1.807) is 7.11 Å². The molecule has 1 aliphatic heterocycles. The quantitative estimate of drug-likeness (QED) is 0.364. The third kappa shape index (κ3) is 6.01. The van der Waals surface area contributed by atoms with Crippen LogP contribution in [-0.4, -0.2) is 50.2 Å². The van der Waals surface area contributed by atoms with E-state index in [2.05, 4.69) is 47.6 Å². The van der Waals surface area contributed by atoms with E-state index in [0.717, 1.165) is 42.3 Å². The van der Waals surface area contributed by atoms with Crippen LogP contribution in [0.3, 0.4) is 0 Å². The molecule has 1 unspecified atom stereocenters. The van der Waals surface area contributed by atoms with Crippen molar-refractivity contribution in [1.29, 1.82) is 0 Å². The SMILES string of the molecule is CCNC(=NCc1ccc(C)cc1OC)NCC1CCN(C2CC2)C1.I. The zero-order valence-electron chi connectivity index (χ0n) is 16.3. The van der Waals surface area contributed by atoms with Gasteiger partial charge in [-0.15, -0.1) is 24.0 Å². The predicted octanol–water partition coefficient (Wildman–Crippen LogP) is 3.16. The zero-order valence-corrected chi connectivity index (χ0v) is 18.6. The van der Waals surface area contributed by atoms with Crippen molar-refractivity contribution in [2.45, 2.75) is 45.7 Å². The Morgan fingerprint density at radius 3 is 2.77 bits per heavy atom. The van der Waals surface area contributed by atoms with Crippen LogP contribution >= 0.6 is 24.0 Å². The molecule has 1 heterocycles. The average Bonchev–Trinajstić information content (AvgIpc) is 3.36. The van der Waals surface area contributed by atoms with Crippen molar-refractivity contribution >= 4 is 29.9 Å². The highest BCUT2D eigenvalue weighted by Crippen LogP contribution is 2.31. The lowest BCUT2D eigenvalue weighted by Gasteiger charge is -2.17. The molecule has 1 aliphatic carbocycles. The van der Waals surface area contributed by atoms with E-state index in [9.17, 15) is 0 Å². The standard InChI is InChI=1S/C20H32N4O.HI/c1-4-21-20(22-12-16-9-10-24(14-16)18-7-8-18)23-13-17-6-5-15(2)11-19(17)25-3;/h5-6,11,16,18H,4,7-10,12-14H2,1-3H3,(H2,21,22,23);1H. The number of methoxy groups -OCH3 is 1. The van der Waals surface area contributed by atoms with Gasteiger partial charge < -0.3 is 20.3 Å². The second-order valence-corrected chi connectivity index (χ2v) is 7.27. The molecule has 2 aliphatic rings. The van der Waals surface area contributed by atoms with Crippen LogP contribution in [0.25, 0.3) is 0 Å². The van der Waals surface area contributed by atoms with Crippen molar-refractivity contribution in [3.8, 4) is 5.75 Å². The van der Waals surface area contributed by atoms with E-state index in [0.29, 0.717) is 6.54 Å². The Morgan fingerprint density at radius 2 is 2.08 bits per heavy atom. The molecule has 146 valence electrons. The number of nitrogens with one attached hydrogen (secondary N) is 2. The monoisotopic (exact) mass is 472 g/mol. The lowest BCUT2D eigenvalue weighted by atomic mass is 10.1. The van der Waals surface area contributed by atoms with Gasteiger partial charge in [-0.2, -0.15) is 0 Å². The lowest BCUT2D eigenvalue weighted by Crippen LogP contribution is -2.40. The Kier molecular flexibility index (Phi) is 8.47. The van der Waals surface area contributed by atoms with E-state index in [1.807, 2.05) is 0 Å². The third-order valence-electron chi connectivity index (χ3n) is 5.13. The Bertz CT molecular complexity index is 603. The number of hydrogen-bond donors (Lipinski definition) is 2. The third-order valence-corrected chi connectivity index (χ3v) is 5.13. The number of benzene rings is 1. The molecule has 2 N–H and O–H groups in total. The van der Waals surface area contributed by atoms with E-state index >= 15 is 0 Å². The summed E-state index contributed by atoms with van der Waals surface area (Å²) in [6.45, 7) is 9.18. The molecule has 1 aromatic rings. The highest BCUT2D eigenvalue weighted by atomic mass is 127. The minimum Gasteiger partial charge on any atom is -0.496 e. The van der Waals surface area contributed by atoms with Crippen molar-refractivity contribution in [3.05, 3.63) is 29.3 Å². The molecule has 6 heteroatoms. The van der Waals surface area contributed by atoms with Gasteiger partial charge in [0.15, 0.2) is 5.96 Å². The van der Waals surface area contributed by atoms with Crippen molar-refractivity contribution in [2.75, 3.05) is 33.3 Å². The van der Waals surface area contributed by atoms with Gasteiger partial charge in [-0.3, -0.25) is 0 Å². The molecule has 0 aromatic heterocycles. The number of ether oxygens (including phenoxy) is 1. The highest BCUT2D eigenvalue weighted by molar-refractivity contribution is 14.0. The molecule has 0 spiro atoms. The summed E-state index contributed by atoms with van der Waals surface area (Å²) in [5.41, 5.74) is 2.32. The van der Waals surface area contributed by atoms with Gasteiger partial charge in [0.2, 0.25) is 0 Å². The second kappa shape index (κ2) is 10.3. The summed E-state index contributed by atoms with van der Waals surface area (Å²) in [5.74, 6) is 2.55. The maximum atomic E-state index is 5.48. The average molecular weight is 472 g/mol. The number of guanidine groups is 1. The molecule has 1 aromatic carbocycles. The first-order chi connectivity index (χ1) is 12.2. The van der Waals surface area contributed by atoms with E-state index in [1.165, 1.54) is 37.9 Å². The maximum Gasteiger partial charge on any atom is 0.191 e. The molecule has 1 saturated carbocycles. The fourth-order valence-electron chi connectivity index (χ4n) is 3.53. The Hall–Kier alpha value is -1.02. The number of aliphatic imine (C=N–C) groups is 1. The smallest absolute Gasteiger partial charge is 0.191 e. The van der Waals surface area contributed by atoms with E-state index in [4.69, 9.17) is 9.73 Å². The lowest BCUT2D eigenvalue weighted by molar-refractivity contribution is 0.314. The van der Waals surface area contributed by atoms with Gasteiger partial charge in [0, 0.05) is 31.2 Å². The summed E-state index contributed by atoms with van der Waals surface area (Å²) in [4.78, 5) is 7.41. The zero-order chi connectivity index (χ0) is 17.6. The normalized spacial score (nSPS) is 20.6. The van der Waals surface area contributed by atoms with Crippen LogP contribution in [-0.2, 0) is 6.54 Å². The van der Waals surface area contributed by atoms with Gasteiger partial charge in [0.1, 0.15) is 5.75 Å². The van der Waals surface area contributed by atoms with Crippen LogP contribution in [0.2, 0.25) is 0 Å². The molecule has 1 saturated heterocycles. The number of nitrogens with zero attached hydrogens (tertiary/aromatic N) is 2. The molecule has 5 nitrogen and oxygen atoms in total. The summed E-state index contributed by atoms with van der Waals surface area (Å²) < 4.78 is 5.48. The summed E-state index contributed by atoms with van der Waals surface area (Å²) in [6, 6.07) is 7.17. The molecule has 0 radical (unpaired) electrons. The predicted molar refractivity (Wildman–Crippen MR) is 119 cm³/mol. The number of aryl methyl sites for hydroxylation is 1. The van der Waals surface area contributed by atoms with Gasteiger partial charge in [0.25, 0.3) is 0 Å². The maximum absolute atomic E-state index is 5.48. The fourth-order valence-corrected chi connectivity index (χ4v) is 3.53. The van der Waals surface area contributed by atoms with Crippen LogP contribution in [0.5, 0.6) is 5.75 Å². The number of halogens is 1. The topological polar surface area (TPSA) is 48.9 Å². The van der Waals surface area contributed by atoms with Crippen LogP contribution in [0.1, 0.15) is 37.3 Å². The summed E-state index contributed by atoms with van der Waals surface area (Å²) >= 11 is 0. The largest absolute Gasteiger partial charge is 0.496 e. The van der Waals surface area contributed by atoms with Crippen molar-refractivity contribution in [3.63, 3.8) is 0 Å². The fraction of sp³-hybridized carbons (Fsp3) is 0.650. The van der Waals surface area contributed by atoms with Crippen LogP contribution in [0.4, 0.5) is 0 Å². The molecule has 0 bridgehead atoms. The van der Waals surface area contributed by atoms with Gasteiger partial charge >= 0.3 is 0 Å². The van der Waals surface area contributed by atoms with Gasteiger partial charge in [-0.05, 0) is 57.2 Å². The molecular formula is C20H33IN4O. The van der Waals surface area contributed by atoms with Crippen LogP contribution < -0.4 is 15.4 Å². The second-order valence-electron chi connectivity index (χ2n) is 7.27. The summed E-state index contributed by atoms with van der Waals surface area (Å²) in [5, 5.41) is 6.89. The van der Waals surface area contributed by atoms with Crippen molar-refractivity contribution < 1.29 is 4.74 Å². The molecule has 3 rings (SSSR count). The Morgan fingerprint density at radius 1 is 1.27 bits per heavy atom. The van der Waals surface area contributed by atoms with Crippen LogP contribution in [0, 0.1) is 12.8 Å². The van der Waals surface area contributed by atoms with Gasteiger partial charge in [-0.25, -0.2) is 4.99 Å². The number of rotatable bonds is 7. The molecule has 1 atom stereocenters. The molecule has 0 amide bonds. The molecule has 2 fully saturated rings. The van der Waals surface area contributed by atoms with Crippen molar-refractivity contribution in [1.82, 2.24) is 15.5 Å². The van der Waals surface area contributed by atoms with Crippen molar-refractivity contribution in [2.24, 2.45) is 10.9 Å². The number of hydrogen-bond acceptors (Lipinski definition) is 3. The van der Waals surface area contributed by atoms with Gasteiger partial charge in [-0.1, -0.05) is 12.1 Å². The Balaban J connectivity index is 0.00000243. The molecular weight excluding hydrogens is 439 g/mol. The molecule has 26 heavy (non-hydrogen) atoms. The van der Waals surface area contributed by atoms with E-state index < -0.39 is 0 Å². The number of likely N-dealkylation sites (tertiary alicyclic amines) is 1. The summed E-state index contributed by atoms with van der Waals surface area (Å²) in [6.07, 6.45) is 4.11. The van der Waals surface area contributed by atoms with Gasteiger partial charge in [0.05, 0.1) is 13.7 Å². The first-order valence-corrected chi connectivity index (χ1v) is 9.59. The minimum absolute atomic E-state index is 0. The first kappa shape index (κ1) is 21.3. The van der Waals surface area contributed by atoms with Crippen LogP contribution in [0.15, 0.2) is 23.2 Å². The Labute approximate surface area is 175 Å². The van der Waals surface area contributed by atoms with E-state index in [-0.39, 0.29) is 24.0 Å². The first-order valence-electron chi connectivity index (χ1n) is 9.59.